The summed E-state index contributed by atoms with van der Waals surface area (Å²) in [6, 6.07) is 5.45. The number of hydrogen-bond acceptors (Lipinski definition) is 3. The summed E-state index contributed by atoms with van der Waals surface area (Å²) >= 11 is 7.21. The van der Waals surface area contributed by atoms with Gasteiger partial charge in [0.1, 0.15) is 10.6 Å². The van der Waals surface area contributed by atoms with Gasteiger partial charge < -0.3 is 9.84 Å². The van der Waals surface area contributed by atoms with E-state index in [0.717, 1.165) is 22.3 Å². The minimum absolute atomic E-state index is 0.175. The minimum Gasteiger partial charge on any atom is -0.494 e. The Balaban J connectivity index is 2.46. The number of benzene rings is 1. The zero-order valence-corrected chi connectivity index (χ0v) is 10.8. The van der Waals surface area contributed by atoms with Gasteiger partial charge in [0, 0.05) is 10.1 Å². The molecule has 2 aromatic rings. The highest BCUT2D eigenvalue weighted by Gasteiger charge is 2.16. The lowest BCUT2D eigenvalue weighted by molar-refractivity contribution is 0.0702. The standard InChI is InChI=1S/C12H11ClO3S/c1-2-5-16-7-3-4-9-8(6-7)10(13)11(17-9)12(14)15/h3-4,6H,2,5H2,1H3,(H,14,15). The van der Waals surface area contributed by atoms with Gasteiger partial charge in [-0.2, -0.15) is 0 Å². The summed E-state index contributed by atoms with van der Waals surface area (Å²) < 4.78 is 6.34. The molecule has 17 heavy (non-hydrogen) atoms. The molecule has 0 saturated carbocycles. The molecule has 1 N–H and O–H groups in total. The van der Waals surface area contributed by atoms with Crippen LogP contribution in [-0.2, 0) is 0 Å². The number of hydrogen-bond donors (Lipinski definition) is 1. The first kappa shape index (κ1) is 12.2. The van der Waals surface area contributed by atoms with E-state index in [1.807, 2.05) is 19.1 Å². The van der Waals surface area contributed by atoms with Crippen LogP contribution in [0.15, 0.2) is 18.2 Å². The Hall–Kier alpha value is -1.26. The van der Waals surface area contributed by atoms with E-state index in [1.54, 1.807) is 6.07 Å². The van der Waals surface area contributed by atoms with E-state index in [2.05, 4.69) is 0 Å². The third-order valence-corrected chi connectivity index (χ3v) is 3.93. The van der Waals surface area contributed by atoms with Crippen LogP contribution < -0.4 is 4.74 Å². The average molecular weight is 271 g/mol. The Morgan fingerprint density at radius 1 is 1.53 bits per heavy atom. The Labute approximate surface area is 108 Å². The highest BCUT2D eigenvalue weighted by atomic mass is 35.5. The maximum atomic E-state index is 10.9. The fourth-order valence-electron chi connectivity index (χ4n) is 1.49. The summed E-state index contributed by atoms with van der Waals surface area (Å²) in [6.07, 6.45) is 0.926. The van der Waals surface area contributed by atoms with E-state index >= 15 is 0 Å². The lowest BCUT2D eigenvalue weighted by atomic mass is 10.2. The number of carboxylic acid groups (broad SMARTS) is 1. The van der Waals surface area contributed by atoms with Gasteiger partial charge in [0.15, 0.2) is 0 Å². The number of rotatable bonds is 4. The van der Waals surface area contributed by atoms with Gasteiger partial charge in [-0.05, 0) is 24.6 Å². The summed E-state index contributed by atoms with van der Waals surface area (Å²) in [5.74, 6) is -0.275. The second-order valence-corrected chi connectivity index (χ2v) is 4.99. The highest BCUT2D eigenvalue weighted by Crippen LogP contribution is 2.37. The molecule has 90 valence electrons. The maximum absolute atomic E-state index is 10.9. The van der Waals surface area contributed by atoms with Gasteiger partial charge >= 0.3 is 5.97 Å². The van der Waals surface area contributed by atoms with E-state index in [9.17, 15) is 4.79 Å². The molecule has 0 aliphatic rings. The van der Waals surface area contributed by atoms with Crippen LogP contribution in [0.3, 0.4) is 0 Å². The monoisotopic (exact) mass is 270 g/mol. The van der Waals surface area contributed by atoms with Gasteiger partial charge in [0.05, 0.1) is 11.6 Å². The molecule has 0 bridgehead atoms. The molecule has 0 unspecified atom stereocenters. The maximum Gasteiger partial charge on any atom is 0.347 e. The lowest BCUT2D eigenvalue weighted by Gasteiger charge is -2.03. The number of carboxylic acids is 1. The number of thiophene rings is 1. The molecule has 0 fully saturated rings. The predicted octanol–water partition coefficient (Wildman–Crippen LogP) is 4.04. The average Bonchev–Trinajstić information content (AvgIpc) is 2.64. The first-order chi connectivity index (χ1) is 8.13. The smallest absolute Gasteiger partial charge is 0.347 e. The fourth-order valence-corrected chi connectivity index (χ4v) is 2.82. The molecule has 0 atom stereocenters. The number of ether oxygens (including phenoxy) is 1. The molecule has 0 aliphatic carbocycles. The molecule has 0 aliphatic heterocycles. The molecule has 3 nitrogen and oxygen atoms in total. The molecule has 0 radical (unpaired) electrons. The number of aromatic carboxylic acids is 1. The van der Waals surface area contributed by atoms with E-state index < -0.39 is 5.97 Å². The summed E-state index contributed by atoms with van der Waals surface area (Å²) in [4.78, 5) is 11.1. The Morgan fingerprint density at radius 2 is 2.29 bits per heavy atom. The molecule has 5 heteroatoms. The zero-order valence-electron chi connectivity index (χ0n) is 9.20. The van der Waals surface area contributed by atoms with Crippen molar-refractivity contribution in [1.29, 1.82) is 0 Å². The predicted molar refractivity (Wildman–Crippen MR) is 69.6 cm³/mol. The first-order valence-corrected chi connectivity index (χ1v) is 6.41. The molecule has 0 spiro atoms. The molecular formula is C12H11ClO3S. The van der Waals surface area contributed by atoms with Gasteiger partial charge in [-0.3, -0.25) is 0 Å². The van der Waals surface area contributed by atoms with Crippen molar-refractivity contribution < 1.29 is 14.6 Å². The van der Waals surface area contributed by atoms with Crippen molar-refractivity contribution in [2.45, 2.75) is 13.3 Å². The Morgan fingerprint density at radius 3 is 2.94 bits per heavy atom. The normalized spacial score (nSPS) is 10.7. The number of carbonyl (C=O) groups is 1. The number of fused-ring (bicyclic) bond motifs is 1. The molecule has 1 heterocycles. The van der Waals surface area contributed by atoms with Gasteiger partial charge in [-0.15, -0.1) is 11.3 Å². The van der Waals surface area contributed by atoms with Crippen molar-refractivity contribution in [2.24, 2.45) is 0 Å². The van der Waals surface area contributed by atoms with Gasteiger partial charge in [0.25, 0.3) is 0 Å². The van der Waals surface area contributed by atoms with Crippen LogP contribution in [0.25, 0.3) is 10.1 Å². The van der Waals surface area contributed by atoms with E-state index in [4.69, 9.17) is 21.4 Å². The molecule has 0 amide bonds. The topological polar surface area (TPSA) is 46.5 Å². The Kier molecular flexibility index (Phi) is 3.54. The third-order valence-electron chi connectivity index (χ3n) is 2.27. The second-order valence-electron chi connectivity index (χ2n) is 3.56. The summed E-state index contributed by atoms with van der Waals surface area (Å²) in [6.45, 7) is 2.66. The van der Waals surface area contributed by atoms with Crippen LogP contribution in [-0.4, -0.2) is 17.7 Å². The van der Waals surface area contributed by atoms with Crippen molar-refractivity contribution in [1.82, 2.24) is 0 Å². The van der Waals surface area contributed by atoms with Crippen LogP contribution in [0.4, 0.5) is 0 Å². The van der Waals surface area contributed by atoms with Crippen molar-refractivity contribution in [3.8, 4) is 5.75 Å². The summed E-state index contributed by atoms with van der Waals surface area (Å²) in [5, 5.41) is 10.0. The van der Waals surface area contributed by atoms with Crippen LogP contribution in [0.5, 0.6) is 5.75 Å². The van der Waals surface area contributed by atoms with Crippen molar-refractivity contribution in [2.75, 3.05) is 6.61 Å². The van der Waals surface area contributed by atoms with Gasteiger partial charge in [-0.25, -0.2) is 4.79 Å². The molecule has 1 aromatic carbocycles. The van der Waals surface area contributed by atoms with Gasteiger partial charge in [0.2, 0.25) is 0 Å². The van der Waals surface area contributed by atoms with E-state index in [0.29, 0.717) is 11.6 Å². The molecule has 2 rings (SSSR count). The van der Waals surface area contributed by atoms with Crippen molar-refractivity contribution in [3.05, 3.63) is 28.1 Å². The van der Waals surface area contributed by atoms with Crippen molar-refractivity contribution >= 4 is 39.0 Å². The summed E-state index contributed by atoms with van der Waals surface area (Å²) in [7, 11) is 0. The minimum atomic E-state index is -0.993. The first-order valence-electron chi connectivity index (χ1n) is 5.21. The van der Waals surface area contributed by atoms with Crippen LogP contribution >= 0.6 is 22.9 Å². The molecule has 1 aromatic heterocycles. The van der Waals surface area contributed by atoms with E-state index in [-0.39, 0.29) is 4.88 Å². The Bertz CT molecular complexity index is 562. The molecular weight excluding hydrogens is 260 g/mol. The SMILES string of the molecule is CCCOc1ccc2sc(C(=O)O)c(Cl)c2c1. The number of halogens is 1. The van der Waals surface area contributed by atoms with Crippen LogP contribution in [0.1, 0.15) is 23.0 Å². The van der Waals surface area contributed by atoms with Crippen LogP contribution in [0.2, 0.25) is 5.02 Å². The molecule has 0 saturated heterocycles. The lowest BCUT2D eigenvalue weighted by Crippen LogP contribution is -1.94. The summed E-state index contributed by atoms with van der Waals surface area (Å²) in [5.41, 5.74) is 0. The zero-order chi connectivity index (χ0) is 12.4. The second kappa shape index (κ2) is 4.94. The fraction of sp³-hybridized carbons (Fsp3) is 0.250. The third kappa shape index (κ3) is 2.37. The van der Waals surface area contributed by atoms with E-state index in [1.165, 1.54) is 11.3 Å². The van der Waals surface area contributed by atoms with Crippen molar-refractivity contribution in [3.63, 3.8) is 0 Å². The van der Waals surface area contributed by atoms with Crippen LogP contribution in [0, 0.1) is 0 Å². The largest absolute Gasteiger partial charge is 0.494 e. The highest BCUT2D eigenvalue weighted by molar-refractivity contribution is 7.21. The van der Waals surface area contributed by atoms with Gasteiger partial charge in [-0.1, -0.05) is 18.5 Å². The quantitative estimate of drug-likeness (QED) is 0.912.